The molecule has 4 heteroatoms. The van der Waals surface area contributed by atoms with Crippen LogP contribution < -0.4 is 0 Å². The molecule has 0 saturated carbocycles. The zero-order chi connectivity index (χ0) is 11.8. The molecule has 0 spiro atoms. The summed E-state index contributed by atoms with van der Waals surface area (Å²) in [6.07, 6.45) is 3.64. The van der Waals surface area contributed by atoms with Gasteiger partial charge in [0, 0.05) is 25.4 Å². The zero-order valence-electron chi connectivity index (χ0n) is 10.9. The summed E-state index contributed by atoms with van der Waals surface area (Å²) in [4.78, 5) is 2.51. The highest BCUT2D eigenvalue weighted by molar-refractivity contribution is 5.07. The maximum Gasteiger partial charge on any atom is 0.137 e. The first-order valence-corrected chi connectivity index (χ1v) is 6.92. The maximum absolute atomic E-state index is 4.47. The number of rotatable bonds is 2. The summed E-state index contributed by atoms with van der Waals surface area (Å²) >= 11 is 0. The number of aromatic nitrogens is 3. The Hall–Kier alpha value is -0.900. The van der Waals surface area contributed by atoms with Gasteiger partial charge >= 0.3 is 0 Å². The lowest BCUT2D eigenvalue weighted by Crippen LogP contribution is -2.22. The van der Waals surface area contributed by atoms with Gasteiger partial charge in [0.15, 0.2) is 0 Å². The van der Waals surface area contributed by atoms with E-state index in [0.717, 1.165) is 25.4 Å². The lowest BCUT2D eigenvalue weighted by molar-refractivity contribution is 0.348. The third-order valence-corrected chi connectivity index (χ3v) is 4.32. The van der Waals surface area contributed by atoms with Gasteiger partial charge in [0.25, 0.3) is 0 Å². The van der Waals surface area contributed by atoms with Crippen molar-refractivity contribution in [2.24, 2.45) is 5.92 Å². The number of hydrogen-bond donors (Lipinski definition) is 0. The summed E-state index contributed by atoms with van der Waals surface area (Å²) in [5.74, 6) is 3.86. The second-order valence-corrected chi connectivity index (χ2v) is 5.60. The van der Waals surface area contributed by atoms with Crippen molar-refractivity contribution in [2.45, 2.75) is 45.6 Å². The highest BCUT2D eigenvalue weighted by Gasteiger charge is 2.29. The van der Waals surface area contributed by atoms with E-state index in [1.807, 2.05) is 0 Å². The first kappa shape index (κ1) is 11.2. The predicted octanol–water partition coefficient (Wildman–Crippen LogP) is 1.67. The van der Waals surface area contributed by atoms with Crippen LogP contribution in [-0.4, -0.2) is 39.3 Å². The van der Waals surface area contributed by atoms with E-state index in [2.05, 4.69) is 33.5 Å². The lowest BCUT2D eigenvalue weighted by atomic mass is 9.99. The molecule has 1 saturated heterocycles. The Balaban J connectivity index is 1.80. The van der Waals surface area contributed by atoms with E-state index in [1.54, 1.807) is 0 Å². The van der Waals surface area contributed by atoms with Gasteiger partial charge in [-0.05, 0) is 31.8 Å². The molecule has 1 fully saturated rings. The molecule has 17 heavy (non-hydrogen) atoms. The summed E-state index contributed by atoms with van der Waals surface area (Å²) in [6, 6.07) is 0. The Morgan fingerprint density at radius 1 is 1.24 bits per heavy atom. The Bertz CT molecular complexity index is 398. The van der Waals surface area contributed by atoms with Crippen molar-refractivity contribution in [3.8, 4) is 0 Å². The average molecular weight is 234 g/mol. The normalized spacial score (nSPS) is 29.5. The molecular formula is C13H22N4. The van der Waals surface area contributed by atoms with Gasteiger partial charge in [0.2, 0.25) is 0 Å². The monoisotopic (exact) mass is 234 g/mol. The smallest absolute Gasteiger partial charge is 0.137 e. The quantitative estimate of drug-likeness (QED) is 0.780. The number of hydrogen-bond acceptors (Lipinski definition) is 3. The molecule has 2 aliphatic rings. The Kier molecular flexibility index (Phi) is 2.90. The van der Waals surface area contributed by atoms with Crippen LogP contribution in [0.25, 0.3) is 0 Å². The predicted molar refractivity (Wildman–Crippen MR) is 67.0 cm³/mol. The number of fused-ring (bicyclic) bond motifs is 1. The number of likely N-dealkylation sites (N-methyl/N-ethyl adjacent to an activating group) is 1. The van der Waals surface area contributed by atoms with Crippen molar-refractivity contribution >= 4 is 0 Å². The van der Waals surface area contributed by atoms with Gasteiger partial charge in [-0.1, -0.05) is 13.8 Å². The van der Waals surface area contributed by atoms with Gasteiger partial charge in [-0.3, -0.25) is 0 Å². The summed E-state index contributed by atoms with van der Waals surface area (Å²) in [6.45, 7) is 9.23. The minimum absolute atomic E-state index is 0.615. The van der Waals surface area contributed by atoms with Crippen molar-refractivity contribution < 1.29 is 0 Å². The van der Waals surface area contributed by atoms with E-state index in [-0.39, 0.29) is 0 Å². The largest absolute Gasteiger partial charge is 0.315 e. The molecule has 3 heterocycles. The standard InChI is InChI=1S/C13H22N4/c1-3-16-6-5-11(9-16)13-15-14-12-8-10(2)4-7-17(12)13/h10-11H,3-9H2,1-2H3. The molecule has 3 rings (SSSR count). The van der Waals surface area contributed by atoms with Crippen LogP contribution >= 0.6 is 0 Å². The fourth-order valence-corrected chi connectivity index (χ4v) is 3.14. The van der Waals surface area contributed by atoms with E-state index in [0.29, 0.717) is 5.92 Å². The van der Waals surface area contributed by atoms with Crippen LogP contribution in [0.15, 0.2) is 0 Å². The van der Waals surface area contributed by atoms with E-state index < -0.39 is 0 Å². The van der Waals surface area contributed by atoms with E-state index in [4.69, 9.17) is 0 Å². The van der Waals surface area contributed by atoms with Crippen LogP contribution in [0.1, 0.15) is 44.3 Å². The summed E-state index contributed by atoms with van der Waals surface area (Å²) < 4.78 is 2.39. The van der Waals surface area contributed by atoms with Gasteiger partial charge in [-0.2, -0.15) is 0 Å². The van der Waals surface area contributed by atoms with Crippen LogP contribution in [-0.2, 0) is 13.0 Å². The van der Waals surface area contributed by atoms with E-state index >= 15 is 0 Å². The van der Waals surface area contributed by atoms with Crippen LogP contribution in [0.3, 0.4) is 0 Å². The molecule has 0 aliphatic carbocycles. The SMILES string of the molecule is CCN1CCC(c2nnc3n2CCC(C)C3)C1. The van der Waals surface area contributed by atoms with Crippen LogP contribution in [0.4, 0.5) is 0 Å². The molecule has 0 aromatic carbocycles. The van der Waals surface area contributed by atoms with Gasteiger partial charge < -0.3 is 9.47 Å². The molecule has 4 nitrogen and oxygen atoms in total. The molecule has 0 bridgehead atoms. The molecule has 94 valence electrons. The molecule has 1 aromatic heterocycles. The first-order chi connectivity index (χ1) is 8.28. The highest BCUT2D eigenvalue weighted by atomic mass is 15.3. The van der Waals surface area contributed by atoms with Crippen molar-refractivity contribution in [2.75, 3.05) is 19.6 Å². The molecular weight excluding hydrogens is 212 g/mol. The Morgan fingerprint density at radius 2 is 2.12 bits per heavy atom. The summed E-state index contributed by atoms with van der Waals surface area (Å²) in [7, 11) is 0. The summed E-state index contributed by atoms with van der Waals surface area (Å²) in [5.41, 5.74) is 0. The van der Waals surface area contributed by atoms with Gasteiger partial charge in [-0.25, -0.2) is 0 Å². The second kappa shape index (κ2) is 4.41. The Labute approximate surface area is 103 Å². The molecule has 0 amide bonds. The average Bonchev–Trinajstić information content (AvgIpc) is 2.93. The van der Waals surface area contributed by atoms with Crippen molar-refractivity contribution in [1.82, 2.24) is 19.7 Å². The summed E-state index contributed by atoms with van der Waals surface area (Å²) in [5, 5.41) is 8.87. The molecule has 0 radical (unpaired) electrons. The van der Waals surface area contributed by atoms with E-state index in [9.17, 15) is 0 Å². The minimum atomic E-state index is 0.615. The lowest BCUT2D eigenvalue weighted by Gasteiger charge is -2.21. The van der Waals surface area contributed by atoms with Gasteiger partial charge in [0.05, 0.1) is 0 Å². The first-order valence-electron chi connectivity index (χ1n) is 6.92. The molecule has 2 atom stereocenters. The Morgan fingerprint density at radius 3 is 2.88 bits per heavy atom. The van der Waals surface area contributed by atoms with Gasteiger partial charge in [-0.15, -0.1) is 10.2 Å². The number of nitrogens with zero attached hydrogens (tertiary/aromatic N) is 4. The van der Waals surface area contributed by atoms with Crippen LogP contribution in [0, 0.1) is 5.92 Å². The third-order valence-electron chi connectivity index (χ3n) is 4.32. The molecule has 0 N–H and O–H groups in total. The van der Waals surface area contributed by atoms with E-state index in [1.165, 1.54) is 37.6 Å². The fourth-order valence-electron chi connectivity index (χ4n) is 3.14. The topological polar surface area (TPSA) is 34.0 Å². The number of likely N-dealkylation sites (tertiary alicyclic amines) is 1. The molecule has 2 aliphatic heterocycles. The third kappa shape index (κ3) is 1.99. The minimum Gasteiger partial charge on any atom is -0.315 e. The van der Waals surface area contributed by atoms with Crippen LogP contribution in [0.2, 0.25) is 0 Å². The maximum atomic E-state index is 4.47. The second-order valence-electron chi connectivity index (χ2n) is 5.60. The van der Waals surface area contributed by atoms with Crippen molar-refractivity contribution in [3.05, 3.63) is 11.6 Å². The molecule has 2 unspecified atom stereocenters. The fraction of sp³-hybridized carbons (Fsp3) is 0.846. The van der Waals surface area contributed by atoms with Crippen molar-refractivity contribution in [3.63, 3.8) is 0 Å². The van der Waals surface area contributed by atoms with Crippen LogP contribution in [0.5, 0.6) is 0 Å². The molecule has 1 aromatic rings. The van der Waals surface area contributed by atoms with Gasteiger partial charge in [0.1, 0.15) is 11.6 Å². The zero-order valence-corrected chi connectivity index (χ0v) is 10.9. The highest BCUT2D eigenvalue weighted by Crippen LogP contribution is 2.29. The van der Waals surface area contributed by atoms with Crippen molar-refractivity contribution in [1.29, 1.82) is 0 Å².